The van der Waals surface area contributed by atoms with Crippen LogP contribution in [0.1, 0.15) is 53.5 Å². The molecule has 3 atom stereocenters. The molecule has 0 spiro atoms. The highest BCUT2D eigenvalue weighted by atomic mass is 16.6. The SMILES string of the molecule is CC(C)C[C@H](NC(=O)OC(C)(C)C)C(=O)N[C@@H](C)C(O)CNC(=O)Cc1cccc(-c2ccccn2)c1. The number of rotatable bonds is 11. The van der Waals surface area contributed by atoms with E-state index in [1.54, 1.807) is 33.9 Å². The molecule has 4 N–H and O–H groups in total. The molecule has 0 aliphatic heterocycles. The maximum Gasteiger partial charge on any atom is 0.408 e. The van der Waals surface area contributed by atoms with Gasteiger partial charge in [0.15, 0.2) is 0 Å². The van der Waals surface area contributed by atoms with Crippen LogP contribution in [0.25, 0.3) is 11.3 Å². The lowest BCUT2D eigenvalue weighted by molar-refractivity contribution is -0.125. The predicted molar refractivity (Wildman–Crippen MR) is 143 cm³/mol. The van der Waals surface area contributed by atoms with Gasteiger partial charge < -0.3 is 25.8 Å². The molecule has 9 nitrogen and oxygen atoms in total. The van der Waals surface area contributed by atoms with Crippen molar-refractivity contribution < 1.29 is 24.2 Å². The number of alkyl carbamates (subject to hydrolysis) is 1. The van der Waals surface area contributed by atoms with E-state index in [-0.39, 0.29) is 24.8 Å². The summed E-state index contributed by atoms with van der Waals surface area (Å²) in [5.41, 5.74) is 1.87. The second kappa shape index (κ2) is 13.7. The third-order valence-electron chi connectivity index (χ3n) is 5.42. The van der Waals surface area contributed by atoms with Gasteiger partial charge in [-0.25, -0.2) is 4.79 Å². The number of nitrogens with one attached hydrogen (secondary N) is 3. The Kier molecular flexibility index (Phi) is 11.1. The molecule has 1 heterocycles. The van der Waals surface area contributed by atoms with Gasteiger partial charge in [-0.15, -0.1) is 0 Å². The maximum absolute atomic E-state index is 12.8. The number of hydrogen-bond donors (Lipinski definition) is 4. The van der Waals surface area contributed by atoms with E-state index in [1.807, 2.05) is 56.3 Å². The first-order chi connectivity index (χ1) is 17.3. The van der Waals surface area contributed by atoms with Gasteiger partial charge in [-0.1, -0.05) is 38.1 Å². The number of hydrogen-bond acceptors (Lipinski definition) is 6. The highest BCUT2D eigenvalue weighted by molar-refractivity contribution is 5.86. The number of ether oxygens (including phenoxy) is 1. The van der Waals surface area contributed by atoms with Crippen LogP contribution in [0.2, 0.25) is 0 Å². The van der Waals surface area contributed by atoms with Gasteiger partial charge in [-0.05, 0) is 63.8 Å². The van der Waals surface area contributed by atoms with Gasteiger partial charge in [-0.3, -0.25) is 14.6 Å². The summed E-state index contributed by atoms with van der Waals surface area (Å²) in [4.78, 5) is 41.8. The minimum absolute atomic E-state index is 0.0332. The Hall–Kier alpha value is -3.46. The summed E-state index contributed by atoms with van der Waals surface area (Å²) in [5.74, 6) is -0.537. The van der Waals surface area contributed by atoms with E-state index in [0.29, 0.717) is 6.42 Å². The van der Waals surface area contributed by atoms with Crippen molar-refractivity contribution in [3.63, 3.8) is 0 Å². The van der Waals surface area contributed by atoms with Crippen molar-refractivity contribution in [3.05, 3.63) is 54.2 Å². The van der Waals surface area contributed by atoms with Crippen LogP contribution < -0.4 is 16.0 Å². The number of aromatic nitrogens is 1. The molecule has 1 aromatic carbocycles. The lowest BCUT2D eigenvalue weighted by Crippen LogP contribution is -2.54. The first-order valence-electron chi connectivity index (χ1n) is 12.6. The van der Waals surface area contributed by atoms with E-state index in [9.17, 15) is 19.5 Å². The largest absolute Gasteiger partial charge is 0.444 e. The smallest absolute Gasteiger partial charge is 0.408 e. The Balaban J connectivity index is 1.87. The van der Waals surface area contributed by atoms with E-state index >= 15 is 0 Å². The highest BCUT2D eigenvalue weighted by Crippen LogP contribution is 2.18. The molecule has 2 aromatic rings. The number of aliphatic hydroxyl groups excluding tert-OH is 1. The quantitative estimate of drug-likeness (QED) is 0.366. The summed E-state index contributed by atoms with van der Waals surface area (Å²) < 4.78 is 5.27. The molecule has 0 aliphatic carbocycles. The third-order valence-corrected chi connectivity index (χ3v) is 5.42. The molecule has 1 unspecified atom stereocenters. The molecule has 2 rings (SSSR count). The Morgan fingerprint density at radius 2 is 1.76 bits per heavy atom. The fraction of sp³-hybridized carbons (Fsp3) is 0.500. The molecule has 3 amide bonds. The zero-order valence-corrected chi connectivity index (χ0v) is 22.6. The van der Waals surface area contributed by atoms with Crippen LogP contribution in [0.5, 0.6) is 0 Å². The standard InChI is InChI=1S/C28H40N4O5/c1-18(2)14-23(32-27(36)37-28(4,5)6)26(35)31-19(3)24(33)17-30-25(34)16-20-10-9-11-21(15-20)22-12-7-8-13-29-22/h7-13,15,18-19,23-24,33H,14,16-17H2,1-6H3,(H,30,34)(H,31,35)(H,32,36)/t19-,23-,24?/m0/s1. The van der Waals surface area contributed by atoms with Crippen molar-refractivity contribution >= 4 is 17.9 Å². The predicted octanol–water partition coefficient (Wildman–Crippen LogP) is 3.21. The number of amides is 3. The van der Waals surface area contributed by atoms with Crippen LogP contribution in [0.4, 0.5) is 4.79 Å². The van der Waals surface area contributed by atoms with Gasteiger partial charge >= 0.3 is 6.09 Å². The van der Waals surface area contributed by atoms with E-state index in [2.05, 4.69) is 20.9 Å². The van der Waals surface area contributed by atoms with Crippen LogP contribution in [0.3, 0.4) is 0 Å². The minimum atomic E-state index is -1.02. The Bertz CT molecular complexity index is 1040. The van der Waals surface area contributed by atoms with Crippen molar-refractivity contribution in [2.45, 2.75) is 78.2 Å². The molecule has 0 saturated heterocycles. The molecule has 0 bridgehead atoms. The number of carbonyl (C=O) groups is 3. The van der Waals surface area contributed by atoms with Gasteiger partial charge in [0, 0.05) is 18.3 Å². The zero-order valence-electron chi connectivity index (χ0n) is 22.6. The van der Waals surface area contributed by atoms with Gasteiger partial charge in [0.05, 0.1) is 24.3 Å². The zero-order chi connectivity index (χ0) is 27.6. The average Bonchev–Trinajstić information content (AvgIpc) is 2.81. The van der Waals surface area contributed by atoms with Gasteiger partial charge in [-0.2, -0.15) is 0 Å². The summed E-state index contributed by atoms with van der Waals surface area (Å²) in [7, 11) is 0. The molecule has 0 fully saturated rings. The molecule has 0 saturated carbocycles. The fourth-order valence-corrected chi connectivity index (χ4v) is 3.59. The molecular weight excluding hydrogens is 472 g/mol. The van der Waals surface area contributed by atoms with Crippen LogP contribution in [-0.4, -0.2) is 58.3 Å². The van der Waals surface area contributed by atoms with E-state index < -0.39 is 35.8 Å². The first-order valence-corrected chi connectivity index (χ1v) is 12.6. The topological polar surface area (TPSA) is 130 Å². The number of pyridine rings is 1. The molecule has 9 heteroatoms. The van der Waals surface area contributed by atoms with Crippen LogP contribution in [0, 0.1) is 5.92 Å². The number of carbonyl (C=O) groups excluding carboxylic acids is 3. The second-order valence-electron chi connectivity index (χ2n) is 10.6. The van der Waals surface area contributed by atoms with Crippen molar-refractivity contribution in [2.24, 2.45) is 5.92 Å². The maximum atomic E-state index is 12.8. The summed E-state index contributed by atoms with van der Waals surface area (Å²) in [6.45, 7) is 10.7. The summed E-state index contributed by atoms with van der Waals surface area (Å²) >= 11 is 0. The van der Waals surface area contributed by atoms with E-state index in [1.165, 1.54) is 0 Å². The summed E-state index contributed by atoms with van der Waals surface area (Å²) in [6.07, 6.45) is 0.566. The molecule has 0 radical (unpaired) electrons. The molecular formula is C28H40N4O5. The molecule has 37 heavy (non-hydrogen) atoms. The van der Waals surface area contributed by atoms with Gasteiger partial charge in [0.2, 0.25) is 11.8 Å². The van der Waals surface area contributed by atoms with Crippen molar-refractivity contribution in [3.8, 4) is 11.3 Å². The van der Waals surface area contributed by atoms with Crippen molar-refractivity contribution in [2.75, 3.05) is 6.54 Å². The van der Waals surface area contributed by atoms with Crippen LogP contribution in [-0.2, 0) is 20.7 Å². The Morgan fingerprint density at radius 1 is 1.03 bits per heavy atom. The second-order valence-corrected chi connectivity index (χ2v) is 10.6. The number of nitrogens with zero attached hydrogens (tertiary/aromatic N) is 1. The van der Waals surface area contributed by atoms with Crippen molar-refractivity contribution in [1.82, 2.24) is 20.9 Å². The average molecular weight is 513 g/mol. The molecule has 202 valence electrons. The first kappa shape index (κ1) is 29.8. The van der Waals surface area contributed by atoms with E-state index in [0.717, 1.165) is 16.8 Å². The fourth-order valence-electron chi connectivity index (χ4n) is 3.59. The highest BCUT2D eigenvalue weighted by Gasteiger charge is 2.27. The number of aliphatic hydroxyl groups is 1. The van der Waals surface area contributed by atoms with Gasteiger partial charge in [0.25, 0.3) is 0 Å². The number of benzene rings is 1. The van der Waals surface area contributed by atoms with Crippen LogP contribution >= 0.6 is 0 Å². The Labute approximate surface area is 219 Å². The van der Waals surface area contributed by atoms with Gasteiger partial charge in [0.1, 0.15) is 11.6 Å². The lowest BCUT2D eigenvalue weighted by atomic mass is 10.0. The van der Waals surface area contributed by atoms with Crippen molar-refractivity contribution in [1.29, 1.82) is 0 Å². The molecule has 0 aliphatic rings. The molecule has 1 aromatic heterocycles. The van der Waals surface area contributed by atoms with Crippen LogP contribution in [0.15, 0.2) is 48.7 Å². The lowest BCUT2D eigenvalue weighted by Gasteiger charge is -2.26. The Morgan fingerprint density at radius 3 is 2.38 bits per heavy atom. The van der Waals surface area contributed by atoms with E-state index in [4.69, 9.17) is 4.74 Å². The summed E-state index contributed by atoms with van der Waals surface area (Å²) in [6, 6.07) is 11.8. The third kappa shape index (κ3) is 11.0. The normalized spacial score (nSPS) is 13.8. The monoisotopic (exact) mass is 512 g/mol. The minimum Gasteiger partial charge on any atom is -0.444 e. The summed E-state index contributed by atoms with van der Waals surface area (Å²) in [5, 5.41) is 18.6.